The summed E-state index contributed by atoms with van der Waals surface area (Å²) in [4.78, 5) is 0. The van der Waals surface area contributed by atoms with Gasteiger partial charge >= 0.3 is 0 Å². The Morgan fingerprint density at radius 2 is 0.741 bits per heavy atom. The highest BCUT2D eigenvalue weighted by atomic mass is 14.4. The van der Waals surface area contributed by atoms with Crippen LogP contribution in [-0.4, -0.2) is 0 Å². The van der Waals surface area contributed by atoms with Crippen molar-refractivity contribution in [2.24, 2.45) is 35.5 Å². The molecule has 11 rings (SSSR count). The molecular formula is C54H48. The SMILES string of the molecule is C1=CC2C(C3=CC=C(C4=c5ccccc5=C(C5=CC=C6C=CCCC6C5)C5C=CC=CC45)CC3)=c3ccccc3=C(C3=CC=C4C=CCCC4C3)C2C=C1. The molecule has 0 aromatic heterocycles. The monoisotopic (exact) mass is 696 g/mol. The molecule has 0 nitrogen and oxygen atoms in total. The first-order valence-electron chi connectivity index (χ1n) is 20.7. The van der Waals surface area contributed by atoms with Gasteiger partial charge in [-0.1, -0.05) is 158 Å². The number of benzene rings is 2. The molecule has 0 fully saturated rings. The fourth-order valence-corrected chi connectivity index (χ4v) is 11.5. The lowest BCUT2D eigenvalue weighted by Crippen LogP contribution is -2.41. The molecule has 2 aromatic carbocycles. The minimum absolute atomic E-state index is 0.354. The van der Waals surface area contributed by atoms with Crippen molar-refractivity contribution in [3.63, 3.8) is 0 Å². The van der Waals surface area contributed by atoms with Gasteiger partial charge in [0.05, 0.1) is 0 Å². The molecule has 0 amide bonds. The molecular weight excluding hydrogens is 649 g/mol. The van der Waals surface area contributed by atoms with E-state index in [9.17, 15) is 0 Å². The molecule has 0 heteroatoms. The maximum absolute atomic E-state index is 2.52. The van der Waals surface area contributed by atoms with Gasteiger partial charge in [-0.15, -0.1) is 0 Å². The molecule has 9 aliphatic rings. The minimum Gasteiger partial charge on any atom is -0.0842 e. The van der Waals surface area contributed by atoms with Crippen LogP contribution in [0.3, 0.4) is 0 Å². The summed E-state index contributed by atoms with van der Waals surface area (Å²) in [6, 6.07) is 18.7. The van der Waals surface area contributed by atoms with E-state index in [1.165, 1.54) is 68.9 Å². The number of fused-ring (bicyclic) bond motifs is 6. The van der Waals surface area contributed by atoms with E-state index < -0.39 is 0 Å². The lowest BCUT2D eigenvalue weighted by Gasteiger charge is -2.38. The van der Waals surface area contributed by atoms with Gasteiger partial charge in [0.2, 0.25) is 0 Å². The van der Waals surface area contributed by atoms with Crippen LogP contribution in [0.5, 0.6) is 0 Å². The van der Waals surface area contributed by atoms with Crippen molar-refractivity contribution in [2.45, 2.75) is 51.4 Å². The third-order valence-electron chi connectivity index (χ3n) is 14.0. The van der Waals surface area contributed by atoms with Gasteiger partial charge in [0, 0.05) is 23.7 Å². The van der Waals surface area contributed by atoms with Gasteiger partial charge in [0.1, 0.15) is 0 Å². The second-order valence-electron chi connectivity index (χ2n) is 16.8. The Kier molecular flexibility index (Phi) is 7.93. The first-order valence-corrected chi connectivity index (χ1v) is 20.7. The van der Waals surface area contributed by atoms with Crippen molar-refractivity contribution in [3.05, 3.63) is 212 Å². The quantitative estimate of drug-likeness (QED) is 0.299. The van der Waals surface area contributed by atoms with Gasteiger partial charge in [0.25, 0.3) is 0 Å². The zero-order valence-corrected chi connectivity index (χ0v) is 31.1. The summed E-state index contributed by atoms with van der Waals surface area (Å²) in [5.41, 5.74) is 15.4. The molecule has 9 aliphatic carbocycles. The number of rotatable bonds is 4. The summed E-state index contributed by atoms with van der Waals surface area (Å²) in [7, 11) is 0. The number of hydrogen-bond donors (Lipinski definition) is 0. The third-order valence-corrected chi connectivity index (χ3v) is 14.0. The molecule has 264 valence electrons. The predicted octanol–water partition coefficient (Wildman–Crippen LogP) is 9.83. The van der Waals surface area contributed by atoms with Gasteiger partial charge in [0.15, 0.2) is 0 Å². The normalized spacial score (nSPS) is 30.1. The molecule has 0 saturated carbocycles. The molecule has 0 bridgehead atoms. The molecule has 0 saturated heterocycles. The van der Waals surface area contributed by atoms with Crippen LogP contribution in [0, 0.1) is 35.5 Å². The highest BCUT2D eigenvalue weighted by Gasteiger charge is 2.37. The summed E-state index contributed by atoms with van der Waals surface area (Å²) in [5.74, 6) is 2.74. The first kappa shape index (κ1) is 32.2. The van der Waals surface area contributed by atoms with E-state index in [-0.39, 0.29) is 0 Å². The molecule has 0 spiro atoms. The van der Waals surface area contributed by atoms with Crippen molar-refractivity contribution in [1.29, 1.82) is 0 Å². The summed E-state index contributed by atoms with van der Waals surface area (Å²) < 4.78 is 0. The maximum Gasteiger partial charge on any atom is 0.0134 e. The second-order valence-corrected chi connectivity index (χ2v) is 16.8. The van der Waals surface area contributed by atoms with Gasteiger partial charge in [-0.25, -0.2) is 0 Å². The van der Waals surface area contributed by atoms with Crippen LogP contribution in [0.4, 0.5) is 0 Å². The lowest BCUT2D eigenvalue weighted by molar-refractivity contribution is 0.551. The Morgan fingerprint density at radius 3 is 1.11 bits per heavy atom. The average Bonchev–Trinajstić information content (AvgIpc) is 3.24. The molecule has 2 aromatic rings. The third kappa shape index (κ3) is 5.25. The maximum atomic E-state index is 2.52. The van der Waals surface area contributed by atoms with E-state index in [2.05, 4.69) is 158 Å². The lowest BCUT2D eigenvalue weighted by atomic mass is 9.65. The van der Waals surface area contributed by atoms with Crippen LogP contribution in [-0.2, 0) is 0 Å². The van der Waals surface area contributed by atoms with Gasteiger partial charge in [-0.3, -0.25) is 0 Å². The minimum atomic E-state index is 0.354. The van der Waals surface area contributed by atoms with Crippen LogP contribution in [0.25, 0.3) is 22.3 Å². The Bertz CT molecular complexity index is 2440. The molecule has 0 heterocycles. The van der Waals surface area contributed by atoms with Crippen LogP contribution < -0.4 is 20.9 Å². The predicted molar refractivity (Wildman–Crippen MR) is 226 cm³/mol. The summed E-state index contributed by atoms with van der Waals surface area (Å²) >= 11 is 0. The smallest absolute Gasteiger partial charge is 0.0134 e. The van der Waals surface area contributed by atoms with Crippen LogP contribution in [0.1, 0.15) is 51.4 Å². The summed E-state index contributed by atoms with van der Waals surface area (Å²) in [6.07, 6.45) is 52.8. The second kappa shape index (κ2) is 13.3. The standard InChI is InChI=1S/C54H48/c1-3-15-39-33-41(31-25-35(39)13-1)53-47-21-9-5-17-43(47)51(44-18-6-10-22-48(44)53)37-27-29-38(30-28-37)52-45-19-7-11-23-49(45)54(50-24-12-8-20-46(50)52)42-32-26-36-14-2-4-16-40(36)34-42/h1-2,5-14,17-27,29,31-32,39-40,43,45,47,49H,3-4,15-16,28,30,33-34H2. The van der Waals surface area contributed by atoms with E-state index in [4.69, 9.17) is 0 Å². The zero-order valence-electron chi connectivity index (χ0n) is 31.1. The topological polar surface area (TPSA) is 0 Å². The van der Waals surface area contributed by atoms with E-state index in [0.29, 0.717) is 35.5 Å². The van der Waals surface area contributed by atoms with E-state index in [1.807, 2.05) is 0 Å². The number of hydrogen-bond acceptors (Lipinski definition) is 0. The molecule has 0 aliphatic heterocycles. The first-order chi connectivity index (χ1) is 26.8. The summed E-state index contributed by atoms with van der Waals surface area (Å²) in [5, 5.41) is 5.78. The fourth-order valence-electron chi connectivity index (χ4n) is 11.5. The highest BCUT2D eigenvalue weighted by molar-refractivity contribution is 5.84. The largest absolute Gasteiger partial charge is 0.0842 e. The molecule has 54 heavy (non-hydrogen) atoms. The molecule has 0 N–H and O–H groups in total. The van der Waals surface area contributed by atoms with Gasteiger partial charge in [-0.05, 0) is 140 Å². The van der Waals surface area contributed by atoms with Crippen LogP contribution >= 0.6 is 0 Å². The fraction of sp³-hybridized carbons (Fsp3) is 0.259. The molecule has 0 radical (unpaired) electrons. The van der Waals surface area contributed by atoms with Crippen LogP contribution in [0.15, 0.2) is 191 Å². The Balaban J connectivity index is 1.06. The van der Waals surface area contributed by atoms with Gasteiger partial charge < -0.3 is 0 Å². The Labute approximate surface area is 320 Å². The molecule has 6 unspecified atom stereocenters. The van der Waals surface area contributed by atoms with E-state index in [0.717, 1.165) is 25.7 Å². The Hall–Kier alpha value is -5.20. The van der Waals surface area contributed by atoms with Crippen molar-refractivity contribution >= 4 is 22.3 Å². The van der Waals surface area contributed by atoms with E-state index in [1.54, 1.807) is 33.4 Å². The summed E-state index contributed by atoms with van der Waals surface area (Å²) in [6.45, 7) is 0. The van der Waals surface area contributed by atoms with Crippen molar-refractivity contribution in [1.82, 2.24) is 0 Å². The van der Waals surface area contributed by atoms with E-state index >= 15 is 0 Å². The molecule has 6 atom stereocenters. The van der Waals surface area contributed by atoms with Crippen molar-refractivity contribution < 1.29 is 0 Å². The average molecular weight is 697 g/mol. The zero-order chi connectivity index (χ0) is 35.6. The number of allylic oxidation sites excluding steroid dienone is 24. The van der Waals surface area contributed by atoms with Crippen molar-refractivity contribution in [2.75, 3.05) is 0 Å². The van der Waals surface area contributed by atoms with Crippen LogP contribution in [0.2, 0.25) is 0 Å². The van der Waals surface area contributed by atoms with Gasteiger partial charge in [-0.2, -0.15) is 0 Å². The van der Waals surface area contributed by atoms with Crippen molar-refractivity contribution in [3.8, 4) is 0 Å². The Morgan fingerprint density at radius 1 is 0.389 bits per heavy atom. The highest BCUT2D eigenvalue weighted by Crippen LogP contribution is 2.48.